The van der Waals surface area contributed by atoms with E-state index in [0.29, 0.717) is 22.0 Å². The van der Waals surface area contributed by atoms with Crippen molar-refractivity contribution in [2.24, 2.45) is 0 Å². The zero-order chi connectivity index (χ0) is 25.5. The summed E-state index contributed by atoms with van der Waals surface area (Å²) in [5.74, 6) is -2.17. The van der Waals surface area contributed by atoms with Gasteiger partial charge in [-0.1, -0.05) is 56.6 Å². The molecule has 0 aliphatic carbocycles. The van der Waals surface area contributed by atoms with Gasteiger partial charge in [-0.15, -0.1) is 0 Å². The number of amides is 1. The molecule has 1 atom stereocenters. The average molecular weight is 494 g/mol. The van der Waals surface area contributed by atoms with Crippen molar-refractivity contribution in [1.82, 2.24) is 0 Å². The van der Waals surface area contributed by atoms with Gasteiger partial charge in [0, 0.05) is 10.7 Å². The van der Waals surface area contributed by atoms with Crippen molar-refractivity contribution in [3.63, 3.8) is 0 Å². The number of nitrogens with zero attached hydrogens (tertiary/aromatic N) is 1. The number of aliphatic hydroxyl groups excluding tert-OH is 1. The predicted octanol–water partition coefficient (Wildman–Crippen LogP) is 6.41. The molecule has 1 amide bonds. The zero-order valence-electron chi connectivity index (χ0n) is 19.8. The van der Waals surface area contributed by atoms with E-state index in [1.807, 2.05) is 26.8 Å². The Balaban J connectivity index is 2.00. The van der Waals surface area contributed by atoms with Gasteiger partial charge in [0.25, 0.3) is 11.7 Å². The van der Waals surface area contributed by atoms with Crippen LogP contribution in [0.5, 0.6) is 5.75 Å². The summed E-state index contributed by atoms with van der Waals surface area (Å²) < 4.78 is 19.2. The van der Waals surface area contributed by atoms with E-state index < -0.39 is 23.5 Å². The third-order valence-electron chi connectivity index (χ3n) is 6.04. The largest absolute Gasteiger partial charge is 0.507 e. The van der Waals surface area contributed by atoms with Gasteiger partial charge < -0.3 is 9.84 Å². The first-order valence-electron chi connectivity index (χ1n) is 11.0. The number of hydrogen-bond acceptors (Lipinski definition) is 4. The van der Waals surface area contributed by atoms with Crippen LogP contribution in [0.4, 0.5) is 10.1 Å². The molecule has 0 saturated carbocycles. The summed E-state index contributed by atoms with van der Waals surface area (Å²) in [6.07, 6.45) is 0. The van der Waals surface area contributed by atoms with Crippen LogP contribution in [0.15, 0.2) is 72.3 Å². The maximum absolute atomic E-state index is 13.7. The highest BCUT2D eigenvalue weighted by molar-refractivity contribution is 6.51. The van der Waals surface area contributed by atoms with Crippen LogP contribution in [-0.4, -0.2) is 23.9 Å². The molecule has 35 heavy (non-hydrogen) atoms. The molecule has 3 aromatic carbocycles. The normalized spacial score (nSPS) is 17.7. The molecule has 0 radical (unpaired) electrons. The van der Waals surface area contributed by atoms with Gasteiger partial charge in [0.2, 0.25) is 0 Å². The third kappa shape index (κ3) is 4.54. The van der Waals surface area contributed by atoms with Crippen LogP contribution in [0.3, 0.4) is 0 Å². The van der Waals surface area contributed by atoms with E-state index >= 15 is 0 Å². The SMILES string of the molecule is COc1ccc(C(C)(C)C)cc1/C(O)=C1\C(=O)C(=O)N(c2cccc(Cl)c2)C1c1ccc(F)cc1. The fraction of sp³-hybridized carbons (Fsp3) is 0.214. The minimum Gasteiger partial charge on any atom is -0.507 e. The molecule has 1 heterocycles. The summed E-state index contributed by atoms with van der Waals surface area (Å²) in [7, 11) is 1.46. The molecule has 3 aromatic rings. The first-order chi connectivity index (χ1) is 16.5. The van der Waals surface area contributed by atoms with Crippen LogP contribution in [0.2, 0.25) is 5.02 Å². The molecule has 7 heteroatoms. The number of benzene rings is 3. The van der Waals surface area contributed by atoms with Gasteiger partial charge in [-0.2, -0.15) is 0 Å². The Morgan fingerprint density at radius 3 is 2.31 bits per heavy atom. The van der Waals surface area contributed by atoms with E-state index in [2.05, 4.69) is 0 Å². The van der Waals surface area contributed by atoms with Crippen LogP contribution in [0.25, 0.3) is 5.76 Å². The number of methoxy groups -OCH3 is 1. The molecule has 180 valence electrons. The molecular weight excluding hydrogens is 469 g/mol. The lowest BCUT2D eigenvalue weighted by molar-refractivity contribution is -0.132. The number of Topliss-reactive ketones (excluding diaryl/α,β-unsaturated/α-hetero) is 1. The van der Waals surface area contributed by atoms with Crippen molar-refractivity contribution < 1.29 is 23.8 Å². The van der Waals surface area contributed by atoms with E-state index in [1.165, 1.54) is 36.3 Å². The standard InChI is InChI=1S/C28H25ClFNO4/c1-28(2,3)17-10-13-22(35-4)21(14-17)25(32)23-24(16-8-11-19(30)12-9-16)31(27(34)26(23)33)20-7-5-6-18(29)15-20/h5-15,24,32H,1-4H3/b25-23+. The van der Waals surface area contributed by atoms with Crippen LogP contribution in [-0.2, 0) is 15.0 Å². The Morgan fingerprint density at radius 1 is 1.03 bits per heavy atom. The van der Waals surface area contributed by atoms with Gasteiger partial charge in [0.1, 0.15) is 17.3 Å². The van der Waals surface area contributed by atoms with E-state index in [0.717, 1.165) is 5.56 Å². The molecule has 1 saturated heterocycles. The average Bonchev–Trinajstić information content (AvgIpc) is 3.08. The minimum absolute atomic E-state index is 0.119. The maximum Gasteiger partial charge on any atom is 0.300 e. The van der Waals surface area contributed by atoms with Gasteiger partial charge in [-0.3, -0.25) is 14.5 Å². The monoisotopic (exact) mass is 493 g/mol. The Labute approximate surface area is 208 Å². The molecule has 1 fully saturated rings. The highest BCUT2D eigenvalue weighted by Gasteiger charge is 2.47. The summed E-state index contributed by atoms with van der Waals surface area (Å²) in [6.45, 7) is 6.07. The Bertz CT molecular complexity index is 1340. The fourth-order valence-electron chi connectivity index (χ4n) is 4.19. The fourth-order valence-corrected chi connectivity index (χ4v) is 4.37. The molecule has 0 spiro atoms. The van der Waals surface area contributed by atoms with Gasteiger partial charge in [0.15, 0.2) is 0 Å². The molecule has 4 rings (SSSR count). The van der Waals surface area contributed by atoms with Gasteiger partial charge in [-0.05, 0) is 59.0 Å². The molecule has 5 nitrogen and oxygen atoms in total. The van der Waals surface area contributed by atoms with E-state index in [4.69, 9.17) is 16.3 Å². The van der Waals surface area contributed by atoms with Gasteiger partial charge in [0.05, 0.1) is 24.3 Å². The Hall–Kier alpha value is -3.64. The smallest absolute Gasteiger partial charge is 0.300 e. The number of ether oxygens (including phenoxy) is 1. The number of aliphatic hydroxyl groups is 1. The molecule has 0 bridgehead atoms. The Morgan fingerprint density at radius 2 is 1.71 bits per heavy atom. The number of hydrogen-bond donors (Lipinski definition) is 1. The lowest BCUT2D eigenvalue weighted by Gasteiger charge is -2.26. The Kier molecular flexibility index (Phi) is 6.43. The molecule has 1 aliphatic heterocycles. The van der Waals surface area contributed by atoms with Crippen molar-refractivity contribution in [2.75, 3.05) is 12.0 Å². The third-order valence-corrected chi connectivity index (χ3v) is 6.27. The number of carbonyl (C=O) groups excluding carboxylic acids is 2. The quantitative estimate of drug-likeness (QED) is 0.259. The summed E-state index contributed by atoms with van der Waals surface area (Å²) in [5, 5.41) is 11.9. The van der Waals surface area contributed by atoms with Crippen LogP contribution >= 0.6 is 11.6 Å². The molecule has 1 N–H and O–H groups in total. The lowest BCUT2D eigenvalue weighted by Crippen LogP contribution is -2.29. The number of halogens is 2. The lowest BCUT2D eigenvalue weighted by atomic mass is 9.85. The number of carbonyl (C=O) groups is 2. The van der Waals surface area contributed by atoms with E-state index in [-0.39, 0.29) is 22.3 Å². The number of rotatable bonds is 4. The van der Waals surface area contributed by atoms with E-state index in [9.17, 15) is 19.1 Å². The van der Waals surface area contributed by atoms with Crippen LogP contribution < -0.4 is 9.64 Å². The second-order valence-corrected chi connectivity index (χ2v) is 9.80. The topological polar surface area (TPSA) is 66.8 Å². The van der Waals surface area contributed by atoms with Crippen molar-refractivity contribution in [1.29, 1.82) is 0 Å². The summed E-state index contributed by atoms with van der Waals surface area (Å²) >= 11 is 6.17. The summed E-state index contributed by atoms with van der Waals surface area (Å²) in [5.41, 5.74) is 1.66. The van der Waals surface area contributed by atoms with Crippen molar-refractivity contribution in [3.05, 3.63) is 99.8 Å². The first kappa shape index (κ1) is 24.5. The van der Waals surface area contributed by atoms with Gasteiger partial charge >= 0.3 is 0 Å². The second kappa shape index (κ2) is 9.19. The highest BCUT2D eigenvalue weighted by Crippen LogP contribution is 2.44. The van der Waals surface area contributed by atoms with Crippen molar-refractivity contribution in [3.8, 4) is 5.75 Å². The van der Waals surface area contributed by atoms with Crippen molar-refractivity contribution in [2.45, 2.75) is 32.2 Å². The minimum atomic E-state index is -1.00. The summed E-state index contributed by atoms with van der Waals surface area (Å²) in [4.78, 5) is 27.9. The number of anilines is 1. The van der Waals surface area contributed by atoms with Crippen LogP contribution in [0, 0.1) is 5.82 Å². The molecule has 0 aromatic heterocycles. The maximum atomic E-state index is 13.7. The molecule has 1 aliphatic rings. The predicted molar refractivity (Wildman–Crippen MR) is 134 cm³/mol. The second-order valence-electron chi connectivity index (χ2n) is 9.37. The van der Waals surface area contributed by atoms with E-state index in [1.54, 1.807) is 36.4 Å². The van der Waals surface area contributed by atoms with Crippen molar-refractivity contribution >= 4 is 34.7 Å². The first-order valence-corrected chi connectivity index (χ1v) is 11.4. The number of ketones is 1. The summed E-state index contributed by atoms with van der Waals surface area (Å²) in [6, 6.07) is 16.3. The van der Waals surface area contributed by atoms with Gasteiger partial charge in [-0.25, -0.2) is 4.39 Å². The zero-order valence-corrected chi connectivity index (χ0v) is 20.6. The van der Waals surface area contributed by atoms with Crippen LogP contribution in [0.1, 0.15) is 43.5 Å². The molecule has 1 unspecified atom stereocenters. The molecular formula is C28H25ClFNO4. The highest BCUT2D eigenvalue weighted by atomic mass is 35.5.